The Morgan fingerprint density at radius 3 is 2.29 bits per heavy atom. The highest BCUT2D eigenvalue weighted by Gasteiger charge is 2.18. The molecule has 0 heterocycles. The molecule has 0 atom stereocenters. The molecule has 0 radical (unpaired) electrons. The number of rotatable bonds is 8. The molecule has 0 saturated carbocycles. The Kier molecular flexibility index (Phi) is 8.09. The van der Waals surface area contributed by atoms with Gasteiger partial charge in [-0.25, -0.2) is 0 Å². The van der Waals surface area contributed by atoms with Gasteiger partial charge in [-0.3, -0.25) is 4.57 Å². The highest BCUT2D eigenvalue weighted by Crippen LogP contribution is 2.49. The topological polar surface area (TPSA) is 55.8 Å². The molecule has 0 aliphatic rings. The van der Waals surface area contributed by atoms with E-state index in [-0.39, 0.29) is 6.61 Å². The van der Waals surface area contributed by atoms with E-state index in [9.17, 15) is 4.57 Å². The van der Waals surface area contributed by atoms with Crippen LogP contribution in [0.1, 0.15) is 26.7 Å². The van der Waals surface area contributed by atoms with Gasteiger partial charge in [0, 0.05) is 12.4 Å². The first-order chi connectivity index (χ1) is 6.68. The predicted octanol–water partition coefficient (Wildman–Crippen LogP) is 2.54. The molecular weight excluding hydrogens is 203 g/mol. The smallest absolute Gasteiger partial charge is 0.353 e. The van der Waals surface area contributed by atoms with E-state index in [0.29, 0.717) is 26.1 Å². The molecule has 0 bridgehead atoms. The Balaban J connectivity index is 4.07. The van der Waals surface area contributed by atoms with Gasteiger partial charge < -0.3 is 14.2 Å². The highest BCUT2D eigenvalue weighted by molar-refractivity contribution is 7.57. The quantitative estimate of drug-likeness (QED) is 0.506. The van der Waals surface area contributed by atoms with Gasteiger partial charge in [-0.05, 0) is 26.7 Å². The summed E-state index contributed by atoms with van der Waals surface area (Å²) in [6.45, 7) is 4.40. The van der Waals surface area contributed by atoms with Gasteiger partial charge in [-0.1, -0.05) is 6.08 Å². The van der Waals surface area contributed by atoms with Crippen molar-refractivity contribution in [1.82, 2.24) is 0 Å². The van der Waals surface area contributed by atoms with Crippen LogP contribution >= 0.6 is 7.60 Å². The first-order valence-electron chi connectivity index (χ1n) is 4.86. The molecule has 0 aromatic rings. The van der Waals surface area contributed by atoms with Gasteiger partial charge in [-0.15, -0.1) is 0 Å². The molecule has 0 aliphatic heterocycles. The van der Waals surface area contributed by atoms with Crippen molar-refractivity contribution in [2.75, 3.05) is 19.8 Å². The summed E-state index contributed by atoms with van der Waals surface area (Å²) in [5.74, 6) is 1.47. The Hall–Kier alpha value is -0.150. The first kappa shape index (κ1) is 13.8. The number of aliphatic hydroxyl groups is 1. The van der Waals surface area contributed by atoms with Crippen LogP contribution in [0.3, 0.4) is 0 Å². The highest BCUT2D eigenvalue weighted by atomic mass is 31.2. The SMILES string of the molecule is CCOP(=O)(C=CCCCO)OCC. The van der Waals surface area contributed by atoms with E-state index >= 15 is 0 Å². The van der Waals surface area contributed by atoms with E-state index in [1.165, 1.54) is 5.82 Å². The first-order valence-corrected chi connectivity index (χ1v) is 6.47. The molecule has 1 N–H and O–H groups in total. The second-order valence-electron chi connectivity index (χ2n) is 2.63. The van der Waals surface area contributed by atoms with E-state index in [1.54, 1.807) is 19.9 Å². The van der Waals surface area contributed by atoms with Crippen LogP contribution in [0.5, 0.6) is 0 Å². The van der Waals surface area contributed by atoms with Crippen LogP contribution in [0.15, 0.2) is 11.9 Å². The number of aliphatic hydroxyl groups excluding tert-OH is 1. The van der Waals surface area contributed by atoms with Gasteiger partial charge in [0.15, 0.2) is 0 Å². The molecule has 0 amide bonds. The van der Waals surface area contributed by atoms with Crippen LogP contribution in [0.2, 0.25) is 0 Å². The number of unbranched alkanes of at least 4 members (excludes halogenated alkanes) is 1. The second kappa shape index (κ2) is 8.18. The molecule has 5 heteroatoms. The second-order valence-corrected chi connectivity index (χ2v) is 4.52. The van der Waals surface area contributed by atoms with E-state index < -0.39 is 7.60 Å². The normalized spacial score (nSPS) is 12.5. The van der Waals surface area contributed by atoms with Gasteiger partial charge in [0.05, 0.1) is 13.2 Å². The fourth-order valence-electron chi connectivity index (χ4n) is 0.896. The lowest BCUT2D eigenvalue weighted by Crippen LogP contribution is -1.92. The minimum absolute atomic E-state index is 0.137. The molecule has 0 aromatic heterocycles. The lowest BCUT2D eigenvalue weighted by Gasteiger charge is -2.12. The minimum Gasteiger partial charge on any atom is -0.396 e. The summed E-state index contributed by atoms with van der Waals surface area (Å²) >= 11 is 0. The zero-order valence-electron chi connectivity index (χ0n) is 8.81. The van der Waals surface area contributed by atoms with Gasteiger partial charge in [0.25, 0.3) is 0 Å². The fourth-order valence-corrected chi connectivity index (χ4v) is 2.27. The van der Waals surface area contributed by atoms with E-state index in [2.05, 4.69) is 0 Å². The molecule has 84 valence electrons. The van der Waals surface area contributed by atoms with Crippen LogP contribution in [-0.4, -0.2) is 24.9 Å². The Labute approximate surface area is 85.5 Å². The van der Waals surface area contributed by atoms with Crippen molar-refractivity contribution in [3.63, 3.8) is 0 Å². The third-order valence-electron chi connectivity index (χ3n) is 1.43. The van der Waals surface area contributed by atoms with Crippen LogP contribution in [0.4, 0.5) is 0 Å². The van der Waals surface area contributed by atoms with Crippen molar-refractivity contribution >= 4 is 7.60 Å². The average Bonchev–Trinajstić information content (AvgIpc) is 2.13. The monoisotopic (exact) mass is 222 g/mol. The molecule has 4 nitrogen and oxygen atoms in total. The third kappa shape index (κ3) is 6.33. The van der Waals surface area contributed by atoms with Crippen molar-refractivity contribution in [2.24, 2.45) is 0 Å². The van der Waals surface area contributed by atoms with E-state index in [1.807, 2.05) is 0 Å². The summed E-state index contributed by atoms with van der Waals surface area (Å²) in [5.41, 5.74) is 0. The summed E-state index contributed by atoms with van der Waals surface area (Å²) in [6.07, 6.45) is 3.07. The zero-order chi connectivity index (χ0) is 10.9. The van der Waals surface area contributed by atoms with Gasteiger partial charge in [0.2, 0.25) is 0 Å². The molecule has 0 spiro atoms. The van der Waals surface area contributed by atoms with E-state index in [0.717, 1.165) is 0 Å². The molecule has 0 aliphatic carbocycles. The van der Waals surface area contributed by atoms with E-state index in [4.69, 9.17) is 14.2 Å². The maximum atomic E-state index is 11.8. The Bertz CT molecular complexity index is 193. The van der Waals surface area contributed by atoms with Crippen molar-refractivity contribution in [3.05, 3.63) is 11.9 Å². The molecule has 14 heavy (non-hydrogen) atoms. The largest absolute Gasteiger partial charge is 0.396 e. The van der Waals surface area contributed by atoms with Crippen molar-refractivity contribution in [3.8, 4) is 0 Å². The van der Waals surface area contributed by atoms with Crippen molar-refractivity contribution < 1.29 is 18.7 Å². The summed E-state index contributed by atoms with van der Waals surface area (Å²) in [4.78, 5) is 0. The number of hydrogen-bond donors (Lipinski definition) is 1. The summed E-state index contributed by atoms with van der Waals surface area (Å²) in [6, 6.07) is 0. The average molecular weight is 222 g/mol. The number of allylic oxidation sites excluding steroid dienone is 1. The summed E-state index contributed by atoms with van der Waals surface area (Å²) < 4.78 is 21.9. The molecule has 0 unspecified atom stereocenters. The predicted molar refractivity (Wildman–Crippen MR) is 56.3 cm³/mol. The van der Waals surface area contributed by atoms with Crippen LogP contribution in [0, 0.1) is 0 Å². The third-order valence-corrected chi connectivity index (χ3v) is 3.25. The van der Waals surface area contributed by atoms with Crippen molar-refractivity contribution in [1.29, 1.82) is 0 Å². The fraction of sp³-hybridized carbons (Fsp3) is 0.778. The Morgan fingerprint density at radius 1 is 1.29 bits per heavy atom. The number of hydrogen-bond acceptors (Lipinski definition) is 4. The summed E-state index contributed by atoms with van der Waals surface area (Å²) in [7, 11) is -3.02. The van der Waals surface area contributed by atoms with Crippen molar-refractivity contribution in [2.45, 2.75) is 26.7 Å². The maximum absolute atomic E-state index is 11.8. The van der Waals surface area contributed by atoms with Gasteiger partial charge in [-0.2, -0.15) is 0 Å². The minimum atomic E-state index is -3.02. The lowest BCUT2D eigenvalue weighted by atomic mass is 10.3. The lowest BCUT2D eigenvalue weighted by molar-refractivity contribution is 0.228. The standard InChI is InChI=1S/C9H19O4P/c1-3-12-14(11,13-4-2)9-7-5-6-8-10/h7,9-10H,3-6,8H2,1-2H3. The molecule has 0 aromatic carbocycles. The van der Waals surface area contributed by atoms with Gasteiger partial charge in [0.1, 0.15) is 0 Å². The molecular formula is C9H19O4P. The van der Waals surface area contributed by atoms with Gasteiger partial charge >= 0.3 is 7.60 Å². The zero-order valence-corrected chi connectivity index (χ0v) is 9.70. The molecule has 0 rings (SSSR count). The summed E-state index contributed by atoms with van der Waals surface area (Å²) in [5, 5.41) is 8.54. The Morgan fingerprint density at radius 2 is 1.86 bits per heavy atom. The molecule has 0 fully saturated rings. The molecule has 0 saturated heterocycles. The van der Waals surface area contributed by atoms with Crippen LogP contribution < -0.4 is 0 Å². The van der Waals surface area contributed by atoms with Crippen LogP contribution in [-0.2, 0) is 13.6 Å². The van der Waals surface area contributed by atoms with Crippen LogP contribution in [0.25, 0.3) is 0 Å². The maximum Gasteiger partial charge on any atom is 0.353 e.